The van der Waals surface area contributed by atoms with Gasteiger partial charge in [0.05, 0.1) is 0 Å². The van der Waals surface area contributed by atoms with Crippen LogP contribution in [-0.2, 0) is 4.79 Å². The van der Waals surface area contributed by atoms with Gasteiger partial charge in [-0.05, 0) is 19.3 Å². The van der Waals surface area contributed by atoms with E-state index in [0.717, 1.165) is 38.3 Å². The molecular weight excluding hydrogens is 276 g/mol. The minimum absolute atomic E-state index is 0.329. The summed E-state index contributed by atoms with van der Waals surface area (Å²) < 4.78 is 0. The topological polar surface area (TPSA) is 49.3 Å². The Kier molecular flexibility index (Phi) is 3.72. The van der Waals surface area contributed by atoms with Crippen molar-refractivity contribution in [3.63, 3.8) is 0 Å². The average Bonchev–Trinajstić information content (AvgIpc) is 2.96. The molecule has 3 fully saturated rings. The Labute approximate surface area is 131 Å². The van der Waals surface area contributed by atoms with E-state index in [1.54, 1.807) is 6.33 Å². The highest BCUT2D eigenvalue weighted by Gasteiger charge is 2.35. The molecular formula is C17H24N4O. The molecule has 22 heavy (non-hydrogen) atoms. The number of aromatic nitrogens is 2. The molecule has 0 spiro atoms. The van der Waals surface area contributed by atoms with Gasteiger partial charge in [-0.2, -0.15) is 0 Å². The molecule has 0 N–H and O–H groups in total. The van der Waals surface area contributed by atoms with E-state index in [0.29, 0.717) is 17.9 Å². The molecule has 4 rings (SSSR count). The van der Waals surface area contributed by atoms with Gasteiger partial charge in [-0.25, -0.2) is 9.97 Å². The maximum Gasteiger partial charge on any atom is 0.223 e. The van der Waals surface area contributed by atoms with Crippen molar-refractivity contribution in [1.82, 2.24) is 14.9 Å². The number of hydrogen-bond donors (Lipinski definition) is 0. The monoisotopic (exact) mass is 300 g/mol. The zero-order chi connectivity index (χ0) is 14.9. The van der Waals surface area contributed by atoms with Crippen LogP contribution in [-0.4, -0.2) is 46.5 Å². The molecule has 1 unspecified atom stereocenters. The summed E-state index contributed by atoms with van der Waals surface area (Å²) in [5.41, 5.74) is 1.22. The summed E-state index contributed by atoms with van der Waals surface area (Å²) in [5.74, 6) is 2.00. The van der Waals surface area contributed by atoms with Crippen molar-refractivity contribution in [1.29, 1.82) is 0 Å². The van der Waals surface area contributed by atoms with Gasteiger partial charge in [0, 0.05) is 49.8 Å². The molecule has 0 radical (unpaired) electrons. The van der Waals surface area contributed by atoms with Crippen molar-refractivity contribution < 1.29 is 4.79 Å². The van der Waals surface area contributed by atoms with Gasteiger partial charge in [0.2, 0.25) is 5.91 Å². The smallest absolute Gasteiger partial charge is 0.223 e. The van der Waals surface area contributed by atoms with Crippen LogP contribution in [0.25, 0.3) is 0 Å². The van der Waals surface area contributed by atoms with E-state index in [1.807, 2.05) is 0 Å². The van der Waals surface area contributed by atoms with E-state index in [2.05, 4.69) is 25.8 Å². The Hall–Kier alpha value is -1.65. The number of amides is 1. The summed E-state index contributed by atoms with van der Waals surface area (Å²) >= 11 is 0. The predicted molar refractivity (Wildman–Crippen MR) is 84.8 cm³/mol. The highest BCUT2D eigenvalue weighted by molar-refractivity contribution is 5.79. The molecule has 1 saturated carbocycles. The van der Waals surface area contributed by atoms with Gasteiger partial charge in [-0.3, -0.25) is 4.79 Å². The molecule has 1 atom stereocenters. The molecule has 1 amide bonds. The molecule has 1 aromatic heterocycles. The molecule has 5 nitrogen and oxygen atoms in total. The van der Waals surface area contributed by atoms with E-state index >= 15 is 0 Å². The minimum atomic E-state index is 0.329. The number of anilines is 1. The molecule has 118 valence electrons. The van der Waals surface area contributed by atoms with Crippen molar-refractivity contribution in [3.8, 4) is 0 Å². The summed E-state index contributed by atoms with van der Waals surface area (Å²) in [5, 5.41) is 0. The van der Waals surface area contributed by atoms with Crippen LogP contribution in [0, 0.1) is 0 Å². The number of fused-ring (bicyclic) bond motifs is 1. The number of carbonyl (C=O) groups excluding carboxylic acids is 1. The molecule has 5 heteroatoms. The molecule has 2 aliphatic heterocycles. The van der Waals surface area contributed by atoms with Crippen molar-refractivity contribution >= 4 is 11.7 Å². The van der Waals surface area contributed by atoms with Crippen LogP contribution in [0.3, 0.4) is 0 Å². The van der Waals surface area contributed by atoms with Crippen molar-refractivity contribution in [3.05, 3.63) is 18.1 Å². The van der Waals surface area contributed by atoms with Crippen molar-refractivity contribution in [2.75, 3.05) is 24.5 Å². The quantitative estimate of drug-likeness (QED) is 0.841. The molecule has 0 aromatic carbocycles. The standard InChI is InChI=1S/C17H24N4O/c22-17-7-6-14-11-20(8-9-21(14)17)16-10-15(18-12-19-16)13-4-2-1-3-5-13/h10,12-14H,1-9,11H2. The summed E-state index contributed by atoms with van der Waals surface area (Å²) in [4.78, 5) is 25.2. The fourth-order valence-electron chi connectivity index (χ4n) is 4.23. The summed E-state index contributed by atoms with van der Waals surface area (Å²) in [6, 6.07) is 2.58. The van der Waals surface area contributed by atoms with Crippen LogP contribution in [0.15, 0.2) is 12.4 Å². The van der Waals surface area contributed by atoms with Crippen LogP contribution >= 0.6 is 0 Å². The lowest BCUT2D eigenvalue weighted by Gasteiger charge is -2.38. The van der Waals surface area contributed by atoms with Crippen LogP contribution in [0.2, 0.25) is 0 Å². The first kappa shape index (κ1) is 14.0. The zero-order valence-electron chi connectivity index (χ0n) is 13.1. The maximum atomic E-state index is 11.8. The van der Waals surface area contributed by atoms with Gasteiger partial charge in [-0.15, -0.1) is 0 Å². The SMILES string of the molecule is O=C1CCC2CN(c3cc(C4CCCCC4)ncn3)CCN12. The van der Waals surface area contributed by atoms with Gasteiger partial charge >= 0.3 is 0 Å². The van der Waals surface area contributed by atoms with Crippen molar-refractivity contribution in [2.45, 2.75) is 56.9 Å². The fourth-order valence-corrected chi connectivity index (χ4v) is 4.23. The molecule has 2 saturated heterocycles. The molecule has 1 aliphatic carbocycles. The van der Waals surface area contributed by atoms with E-state index in [4.69, 9.17) is 0 Å². The Balaban J connectivity index is 1.49. The van der Waals surface area contributed by atoms with Gasteiger partial charge in [0.25, 0.3) is 0 Å². The van der Waals surface area contributed by atoms with Gasteiger partial charge in [-0.1, -0.05) is 19.3 Å². The number of hydrogen-bond acceptors (Lipinski definition) is 4. The fraction of sp³-hybridized carbons (Fsp3) is 0.706. The average molecular weight is 300 g/mol. The molecule has 3 heterocycles. The summed E-state index contributed by atoms with van der Waals surface area (Å²) in [6.07, 6.45) is 9.99. The van der Waals surface area contributed by atoms with E-state index in [1.165, 1.54) is 37.8 Å². The Morgan fingerprint density at radius 2 is 1.91 bits per heavy atom. The van der Waals surface area contributed by atoms with Gasteiger partial charge in [0.15, 0.2) is 0 Å². The lowest BCUT2D eigenvalue weighted by molar-refractivity contribution is -0.129. The third-order valence-electron chi connectivity index (χ3n) is 5.52. The molecule has 0 bridgehead atoms. The van der Waals surface area contributed by atoms with Gasteiger partial charge < -0.3 is 9.80 Å². The van der Waals surface area contributed by atoms with Crippen LogP contribution in [0.1, 0.15) is 56.6 Å². The first-order valence-corrected chi connectivity index (χ1v) is 8.67. The molecule has 1 aromatic rings. The first-order chi connectivity index (χ1) is 10.8. The number of carbonyl (C=O) groups is 1. The van der Waals surface area contributed by atoms with E-state index in [-0.39, 0.29) is 0 Å². The Bertz CT molecular complexity index is 555. The van der Waals surface area contributed by atoms with Crippen LogP contribution < -0.4 is 4.90 Å². The second-order valence-electron chi connectivity index (χ2n) is 6.86. The second kappa shape index (κ2) is 5.86. The largest absolute Gasteiger partial charge is 0.353 e. The maximum absolute atomic E-state index is 11.8. The zero-order valence-corrected chi connectivity index (χ0v) is 13.1. The molecule has 3 aliphatic rings. The second-order valence-corrected chi connectivity index (χ2v) is 6.86. The predicted octanol–water partition coefficient (Wildman–Crippen LogP) is 2.34. The van der Waals surface area contributed by atoms with Crippen LogP contribution in [0.4, 0.5) is 5.82 Å². The lowest BCUT2D eigenvalue weighted by atomic mass is 9.87. The third-order valence-corrected chi connectivity index (χ3v) is 5.52. The van der Waals surface area contributed by atoms with E-state index in [9.17, 15) is 4.79 Å². The van der Waals surface area contributed by atoms with Crippen LogP contribution in [0.5, 0.6) is 0 Å². The minimum Gasteiger partial charge on any atom is -0.353 e. The summed E-state index contributed by atoms with van der Waals surface area (Å²) in [7, 11) is 0. The summed E-state index contributed by atoms with van der Waals surface area (Å²) in [6.45, 7) is 2.66. The normalized spacial score (nSPS) is 26.4. The Morgan fingerprint density at radius 3 is 2.77 bits per heavy atom. The van der Waals surface area contributed by atoms with E-state index < -0.39 is 0 Å². The van der Waals surface area contributed by atoms with Crippen molar-refractivity contribution in [2.24, 2.45) is 0 Å². The number of piperazine rings is 1. The first-order valence-electron chi connectivity index (χ1n) is 8.67. The number of rotatable bonds is 2. The Morgan fingerprint density at radius 1 is 1.05 bits per heavy atom. The number of nitrogens with zero attached hydrogens (tertiary/aromatic N) is 4. The highest BCUT2D eigenvalue weighted by Crippen LogP contribution is 2.33. The van der Waals surface area contributed by atoms with Gasteiger partial charge in [0.1, 0.15) is 12.1 Å². The highest BCUT2D eigenvalue weighted by atomic mass is 16.2. The third kappa shape index (κ3) is 2.57. The lowest BCUT2D eigenvalue weighted by Crippen LogP contribution is -2.51.